The number of Topliss-reactive ketones (excluding diaryl/α,β-unsaturated/α-hetero) is 3. The largest absolute Gasteiger partial charge is 0.373 e. The highest BCUT2D eigenvalue weighted by atomic mass is 16.5. The van der Waals surface area contributed by atoms with Crippen molar-refractivity contribution in [1.29, 1.82) is 0 Å². The maximum atomic E-state index is 12.5. The molecule has 4 rings (SSSR count). The summed E-state index contributed by atoms with van der Waals surface area (Å²) in [5, 5.41) is 0. The van der Waals surface area contributed by atoms with Gasteiger partial charge in [-0.25, -0.2) is 0 Å². The summed E-state index contributed by atoms with van der Waals surface area (Å²) < 4.78 is 6.17. The maximum absolute atomic E-state index is 12.5. The van der Waals surface area contributed by atoms with Crippen LogP contribution in [0.4, 0.5) is 0 Å². The highest BCUT2D eigenvalue weighted by Gasteiger charge is 2.51. The van der Waals surface area contributed by atoms with Crippen LogP contribution in [0.5, 0.6) is 0 Å². The number of carbonyl (C=O) groups excluding carboxylic acids is 3. The minimum absolute atomic E-state index is 0.305. The molecule has 3 unspecified atom stereocenters. The first kappa shape index (κ1) is 17.3. The number of ether oxygens (including phenoxy) is 1. The summed E-state index contributed by atoms with van der Waals surface area (Å²) in [6.07, 6.45) is 11.2. The lowest BCUT2D eigenvalue weighted by atomic mass is 9.62. The zero-order chi connectivity index (χ0) is 18.3. The van der Waals surface area contributed by atoms with Crippen LogP contribution in [0, 0.1) is 5.92 Å². The summed E-state index contributed by atoms with van der Waals surface area (Å²) in [6, 6.07) is 5.50. The Kier molecular flexibility index (Phi) is 4.39. The summed E-state index contributed by atoms with van der Waals surface area (Å²) in [7, 11) is 1.74. The molecular formula is C22H24O4. The van der Waals surface area contributed by atoms with Gasteiger partial charge in [0.1, 0.15) is 0 Å². The van der Waals surface area contributed by atoms with E-state index in [9.17, 15) is 14.4 Å². The van der Waals surface area contributed by atoms with Crippen LogP contribution in [0.25, 0.3) is 0 Å². The number of hydrogen-bond donors (Lipinski definition) is 0. The molecule has 3 atom stereocenters. The van der Waals surface area contributed by atoms with Gasteiger partial charge in [0.2, 0.25) is 11.6 Å². The molecule has 4 nitrogen and oxygen atoms in total. The third kappa shape index (κ3) is 2.43. The van der Waals surface area contributed by atoms with Gasteiger partial charge in [0.05, 0.1) is 11.5 Å². The Morgan fingerprint density at radius 3 is 2.69 bits per heavy atom. The molecular weight excluding hydrogens is 328 g/mol. The van der Waals surface area contributed by atoms with Crippen LogP contribution >= 0.6 is 0 Å². The van der Waals surface area contributed by atoms with Crippen LogP contribution in [-0.4, -0.2) is 24.5 Å². The second-order valence-corrected chi connectivity index (χ2v) is 7.66. The molecule has 0 bridgehead atoms. The minimum atomic E-state index is -0.863. The van der Waals surface area contributed by atoms with Crippen molar-refractivity contribution in [3.8, 4) is 0 Å². The third-order valence-corrected chi connectivity index (χ3v) is 6.49. The molecule has 4 heteroatoms. The van der Waals surface area contributed by atoms with E-state index in [1.54, 1.807) is 13.2 Å². The lowest BCUT2D eigenvalue weighted by Gasteiger charge is -2.47. The van der Waals surface area contributed by atoms with E-state index in [-0.39, 0.29) is 0 Å². The number of carbonyl (C=O) groups is 3. The molecule has 0 saturated carbocycles. The van der Waals surface area contributed by atoms with Crippen molar-refractivity contribution in [2.75, 3.05) is 7.11 Å². The van der Waals surface area contributed by atoms with Crippen molar-refractivity contribution in [1.82, 2.24) is 0 Å². The smallest absolute Gasteiger partial charge is 0.269 e. The molecule has 3 aliphatic carbocycles. The third-order valence-electron chi connectivity index (χ3n) is 6.49. The Morgan fingerprint density at radius 2 is 1.88 bits per heavy atom. The quantitative estimate of drug-likeness (QED) is 0.599. The Labute approximate surface area is 153 Å². The SMILES string of the molecule is COC1(C2C/C=C\CCCC2)CCC2C(=O)C(=O)C(=O)c3cccc1c32. The van der Waals surface area contributed by atoms with E-state index in [1.165, 1.54) is 6.42 Å². The van der Waals surface area contributed by atoms with Crippen molar-refractivity contribution in [3.63, 3.8) is 0 Å². The molecule has 3 aliphatic rings. The first-order valence-corrected chi connectivity index (χ1v) is 9.56. The molecule has 1 aromatic carbocycles. The molecule has 0 spiro atoms. The molecule has 0 saturated heterocycles. The fraction of sp³-hybridized carbons (Fsp3) is 0.500. The van der Waals surface area contributed by atoms with Crippen molar-refractivity contribution in [2.45, 2.75) is 56.5 Å². The fourth-order valence-corrected chi connectivity index (χ4v) is 5.18. The van der Waals surface area contributed by atoms with Crippen LogP contribution in [0.1, 0.15) is 72.3 Å². The zero-order valence-electron chi connectivity index (χ0n) is 15.1. The van der Waals surface area contributed by atoms with E-state index in [0.717, 1.165) is 36.8 Å². The number of benzene rings is 1. The topological polar surface area (TPSA) is 60.4 Å². The summed E-state index contributed by atoms with van der Waals surface area (Å²) in [5.74, 6) is -2.25. The van der Waals surface area contributed by atoms with Gasteiger partial charge >= 0.3 is 0 Å². The van der Waals surface area contributed by atoms with Crippen LogP contribution in [0.2, 0.25) is 0 Å². The first-order chi connectivity index (χ1) is 12.6. The monoisotopic (exact) mass is 352 g/mol. The zero-order valence-corrected chi connectivity index (χ0v) is 15.1. The average molecular weight is 352 g/mol. The predicted molar refractivity (Wildman–Crippen MR) is 97.2 cm³/mol. The summed E-state index contributed by atoms with van der Waals surface area (Å²) >= 11 is 0. The van der Waals surface area contributed by atoms with Crippen LogP contribution < -0.4 is 0 Å². The van der Waals surface area contributed by atoms with Crippen LogP contribution in [-0.2, 0) is 19.9 Å². The number of allylic oxidation sites excluding steroid dienone is 2. The number of methoxy groups -OCH3 is 1. The Hall–Kier alpha value is -2.07. The van der Waals surface area contributed by atoms with E-state index >= 15 is 0 Å². The first-order valence-electron chi connectivity index (χ1n) is 9.56. The molecule has 0 aliphatic heterocycles. The molecule has 0 amide bonds. The summed E-state index contributed by atoms with van der Waals surface area (Å²) in [5.41, 5.74) is 1.60. The van der Waals surface area contributed by atoms with Gasteiger partial charge in [-0.1, -0.05) is 36.8 Å². The molecule has 0 heterocycles. The van der Waals surface area contributed by atoms with Crippen molar-refractivity contribution in [2.24, 2.45) is 5.92 Å². The molecule has 1 aromatic rings. The molecule has 136 valence electrons. The van der Waals surface area contributed by atoms with Gasteiger partial charge in [0, 0.05) is 12.7 Å². The van der Waals surface area contributed by atoms with Crippen LogP contribution in [0.15, 0.2) is 30.4 Å². The molecule has 0 radical (unpaired) electrons. The Morgan fingerprint density at radius 1 is 1.04 bits per heavy atom. The lowest BCUT2D eigenvalue weighted by Crippen LogP contribution is -2.46. The van der Waals surface area contributed by atoms with Gasteiger partial charge in [-0.3, -0.25) is 14.4 Å². The maximum Gasteiger partial charge on any atom is 0.269 e. The minimum Gasteiger partial charge on any atom is -0.373 e. The van der Waals surface area contributed by atoms with Gasteiger partial charge in [-0.2, -0.15) is 0 Å². The molecule has 0 aromatic heterocycles. The van der Waals surface area contributed by atoms with E-state index < -0.39 is 28.9 Å². The summed E-state index contributed by atoms with van der Waals surface area (Å²) in [6.45, 7) is 0. The molecule has 0 N–H and O–H groups in total. The number of hydrogen-bond acceptors (Lipinski definition) is 4. The average Bonchev–Trinajstić information content (AvgIpc) is 2.64. The normalized spacial score (nSPS) is 32.6. The van der Waals surface area contributed by atoms with Crippen molar-refractivity contribution in [3.05, 3.63) is 47.0 Å². The molecule has 0 fully saturated rings. The van der Waals surface area contributed by atoms with E-state index in [4.69, 9.17) is 4.74 Å². The van der Waals surface area contributed by atoms with Gasteiger partial charge < -0.3 is 4.74 Å². The van der Waals surface area contributed by atoms with Crippen molar-refractivity contribution >= 4 is 17.3 Å². The Balaban J connectivity index is 1.87. The van der Waals surface area contributed by atoms with Crippen molar-refractivity contribution < 1.29 is 19.1 Å². The van der Waals surface area contributed by atoms with Gasteiger partial charge in [-0.15, -0.1) is 0 Å². The lowest BCUT2D eigenvalue weighted by molar-refractivity contribution is -0.136. The fourth-order valence-electron chi connectivity index (χ4n) is 5.18. The Bertz CT molecular complexity index is 806. The predicted octanol–water partition coefficient (Wildman–Crippen LogP) is 3.88. The highest BCUT2D eigenvalue weighted by Crippen LogP contribution is 2.52. The molecule has 26 heavy (non-hydrogen) atoms. The summed E-state index contributed by atoms with van der Waals surface area (Å²) in [4.78, 5) is 37.0. The standard InChI is InChI=1S/C22H24O4/c1-26-22(14-8-5-3-2-4-6-9-14)13-12-16-18-15(10-7-11-17(18)22)19(23)21(25)20(16)24/h3,5,7,10-11,14,16H,2,4,6,8-9,12-13H2,1H3/b5-3-. The van der Waals surface area contributed by atoms with Gasteiger partial charge in [0.15, 0.2) is 0 Å². The number of ketones is 3. The van der Waals surface area contributed by atoms with E-state index in [2.05, 4.69) is 12.2 Å². The number of rotatable bonds is 2. The van der Waals surface area contributed by atoms with E-state index in [0.29, 0.717) is 24.3 Å². The van der Waals surface area contributed by atoms with Gasteiger partial charge in [0.25, 0.3) is 5.78 Å². The van der Waals surface area contributed by atoms with Crippen LogP contribution in [0.3, 0.4) is 0 Å². The highest BCUT2D eigenvalue weighted by molar-refractivity contribution is 6.69. The second-order valence-electron chi connectivity index (χ2n) is 7.66. The van der Waals surface area contributed by atoms with Gasteiger partial charge in [-0.05, 0) is 55.6 Å². The second kappa shape index (κ2) is 6.58. The van der Waals surface area contributed by atoms with E-state index in [1.807, 2.05) is 12.1 Å².